The summed E-state index contributed by atoms with van der Waals surface area (Å²) in [5.41, 5.74) is 0.355. The highest BCUT2D eigenvalue weighted by Gasteiger charge is 2.35. The minimum atomic E-state index is -4.45. The molecular weight excluding hydrogens is 449 g/mol. The Bertz CT molecular complexity index is 1120. The van der Waals surface area contributed by atoms with Gasteiger partial charge in [0.1, 0.15) is 12.3 Å². The van der Waals surface area contributed by atoms with Crippen molar-refractivity contribution in [3.63, 3.8) is 0 Å². The van der Waals surface area contributed by atoms with E-state index in [1.54, 1.807) is 17.0 Å². The molecule has 0 atom stereocenters. The summed E-state index contributed by atoms with van der Waals surface area (Å²) < 4.78 is 45.7. The average molecular weight is 474 g/mol. The number of halogens is 3. The van der Waals surface area contributed by atoms with E-state index in [9.17, 15) is 22.8 Å². The third kappa shape index (κ3) is 5.81. The van der Waals surface area contributed by atoms with Gasteiger partial charge in [0.05, 0.1) is 24.9 Å². The van der Waals surface area contributed by atoms with Crippen molar-refractivity contribution in [1.29, 1.82) is 0 Å². The summed E-state index contributed by atoms with van der Waals surface area (Å²) in [5.74, 6) is 0.363. The van der Waals surface area contributed by atoms with Gasteiger partial charge in [-0.2, -0.15) is 13.2 Å². The third-order valence-electron chi connectivity index (χ3n) is 5.70. The zero-order valence-corrected chi connectivity index (χ0v) is 18.6. The van der Waals surface area contributed by atoms with Gasteiger partial charge in [0.2, 0.25) is 5.91 Å². The van der Waals surface area contributed by atoms with Gasteiger partial charge in [-0.05, 0) is 61.4 Å². The van der Waals surface area contributed by atoms with Gasteiger partial charge < -0.3 is 24.1 Å². The minimum absolute atomic E-state index is 0.0844. The number of rotatable bonds is 8. The molecular formula is C24H25F3N4O3. The van der Waals surface area contributed by atoms with Crippen LogP contribution >= 0.6 is 0 Å². The van der Waals surface area contributed by atoms with Gasteiger partial charge in [-0.15, -0.1) is 0 Å². The van der Waals surface area contributed by atoms with Gasteiger partial charge in [0.25, 0.3) is 0 Å². The fourth-order valence-corrected chi connectivity index (χ4v) is 3.62. The van der Waals surface area contributed by atoms with Crippen molar-refractivity contribution in [3.8, 4) is 0 Å². The van der Waals surface area contributed by atoms with E-state index in [1.165, 1.54) is 23.3 Å². The first-order chi connectivity index (χ1) is 16.2. The van der Waals surface area contributed by atoms with Crippen molar-refractivity contribution in [2.45, 2.75) is 38.1 Å². The molecule has 0 spiro atoms. The topological polar surface area (TPSA) is 70.7 Å². The zero-order valence-electron chi connectivity index (χ0n) is 18.6. The number of hydrogen-bond acceptors (Lipinski definition) is 3. The Labute approximate surface area is 194 Å². The number of alkyl halides is 3. The number of carbonyl (C=O) groups is 2. The fourth-order valence-electron chi connectivity index (χ4n) is 3.62. The quantitative estimate of drug-likeness (QED) is 0.507. The molecule has 3 aromatic rings. The maximum absolute atomic E-state index is 13.3. The van der Waals surface area contributed by atoms with Crippen molar-refractivity contribution in [2.75, 3.05) is 11.9 Å². The number of urea groups is 1. The van der Waals surface area contributed by atoms with Crippen molar-refractivity contribution in [3.05, 3.63) is 78.0 Å². The highest BCUT2D eigenvalue weighted by atomic mass is 19.4. The molecule has 0 saturated heterocycles. The molecule has 4 rings (SSSR count). The largest absolute Gasteiger partial charge is 0.467 e. The number of aryl methyl sites for hydroxylation is 1. The van der Waals surface area contributed by atoms with Crippen LogP contribution in [0, 0.1) is 0 Å². The molecule has 1 aromatic carbocycles. The molecule has 0 unspecified atom stereocenters. The normalized spacial score (nSPS) is 13.5. The van der Waals surface area contributed by atoms with E-state index in [0.29, 0.717) is 12.3 Å². The molecule has 0 aliphatic heterocycles. The van der Waals surface area contributed by atoms with Crippen molar-refractivity contribution in [2.24, 2.45) is 7.05 Å². The number of nitrogens with one attached hydrogen (secondary N) is 1. The molecule has 0 bridgehead atoms. The maximum Gasteiger partial charge on any atom is 0.416 e. The number of benzene rings is 1. The van der Waals surface area contributed by atoms with Crippen LogP contribution in [-0.4, -0.2) is 38.9 Å². The number of carbonyl (C=O) groups excluding carboxylic acids is 2. The smallest absolute Gasteiger partial charge is 0.416 e. The van der Waals surface area contributed by atoms with Gasteiger partial charge in [-0.1, -0.05) is 0 Å². The number of anilines is 1. The Hall–Kier alpha value is -3.69. The van der Waals surface area contributed by atoms with E-state index in [0.717, 1.165) is 30.7 Å². The SMILES string of the molecule is Cn1cccc1CN(Cc1ccco1)C(=O)CN(C(=O)Nc1ccc(C(F)(F)F)cc1)C1CC1. The van der Waals surface area contributed by atoms with E-state index in [-0.39, 0.29) is 30.7 Å². The number of amides is 3. The first kappa shape index (κ1) is 23.5. The van der Waals surface area contributed by atoms with E-state index >= 15 is 0 Å². The molecule has 1 saturated carbocycles. The van der Waals surface area contributed by atoms with E-state index in [2.05, 4.69) is 5.32 Å². The summed E-state index contributed by atoms with van der Waals surface area (Å²) in [6.45, 7) is 0.431. The molecule has 1 N–H and O–H groups in total. The molecule has 10 heteroatoms. The van der Waals surface area contributed by atoms with Gasteiger partial charge in [0.15, 0.2) is 0 Å². The Morgan fingerprint density at radius 3 is 2.38 bits per heavy atom. The lowest BCUT2D eigenvalue weighted by molar-refractivity contribution is -0.137. The van der Waals surface area contributed by atoms with Crippen molar-refractivity contribution < 1.29 is 27.2 Å². The Balaban J connectivity index is 1.45. The molecule has 3 amide bonds. The standard InChI is InChI=1S/C24H25F3N4O3/c1-29-12-2-4-20(29)14-30(15-21-5-3-13-34-21)22(32)16-31(19-10-11-19)23(33)28-18-8-6-17(7-9-18)24(25,26)27/h2-9,12-13,19H,10-11,14-16H2,1H3,(H,28,33). The summed E-state index contributed by atoms with van der Waals surface area (Å²) in [7, 11) is 1.89. The molecule has 1 fully saturated rings. The third-order valence-corrected chi connectivity index (χ3v) is 5.70. The molecule has 2 heterocycles. The van der Waals surface area contributed by atoms with Crippen LogP contribution in [0.1, 0.15) is 29.9 Å². The molecule has 7 nitrogen and oxygen atoms in total. The molecule has 1 aliphatic carbocycles. The van der Waals surface area contributed by atoms with Crippen LogP contribution < -0.4 is 5.32 Å². The predicted molar refractivity (Wildman–Crippen MR) is 119 cm³/mol. The molecule has 180 valence electrons. The minimum Gasteiger partial charge on any atom is -0.467 e. The number of aromatic nitrogens is 1. The van der Waals surface area contributed by atoms with Crippen molar-refractivity contribution in [1.82, 2.24) is 14.4 Å². The molecule has 1 aliphatic rings. The lowest BCUT2D eigenvalue weighted by atomic mass is 10.2. The first-order valence-corrected chi connectivity index (χ1v) is 10.9. The predicted octanol–water partition coefficient (Wildman–Crippen LogP) is 4.86. The molecule has 2 aromatic heterocycles. The van der Waals surface area contributed by atoms with E-state index < -0.39 is 17.8 Å². The molecule has 0 radical (unpaired) electrons. The number of hydrogen-bond donors (Lipinski definition) is 1. The first-order valence-electron chi connectivity index (χ1n) is 10.9. The summed E-state index contributed by atoms with van der Waals surface area (Å²) >= 11 is 0. The van der Waals surface area contributed by atoms with E-state index in [1.807, 2.05) is 29.9 Å². The summed E-state index contributed by atoms with van der Waals surface area (Å²) in [6.07, 6.45) is 0.506. The summed E-state index contributed by atoms with van der Waals surface area (Å²) in [4.78, 5) is 29.3. The second-order valence-corrected chi connectivity index (χ2v) is 8.30. The van der Waals surface area contributed by atoms with Gasteiger partial charge in [0, 0.05) is 30.7 Å². The monoisotopic (exact) mass is 474 g/mol. The van der Waals surface area contributed by atoms with Crippen molar-refractivity contribution >= 4 is 17.6 Å². The van der Waals surface area contributed by atoms with Crippen LogP contribution in [0.2, 0.25) is 0 Å². The summed E-state index contributed by atoms with van der Waals surface area (Å²) in [5, 5.41) is 2.61. The Morgan fingerprint density at radius 2 is 1.82 bits per heavy atom. The van der Waals surface area contributed by atoms with Crippen LogP contribution in [0.4, 0.5) is 23.7 Å². The average Bonchev–Trinajstić information content (AvgIpc) is 3.34. The fraction of sp³-hybridized carbons (Fsp3) is 0.333. The van der Waals surface area contributed by atoms with E-state index in [4.69, 9.17) is 4.42 Å². The van der Waals surface area contributed by atoms with Crippen LogP contribution in [-0.2, 0) is 31.1 Å². The number of furan rings is 1. The lowest BCUT2D eigenvalue weighted by Gasteiger charge is -2.27. The van der Waals surface area contributed by atoms with Gasteiger partial charge >= 0.3 is 12.2 Å². The second-order valence-electron chi connectivity index (χ2n) is 8.30. The molecule has 34 heavy (non-hydrogen) atoms. The maximum atomic E-state index is 13.3. The van der Waals surface area contributed by atoms with Crippen LogP contribution in [0.5, 0.6) is 0 Å². The second kappa shape index (κ2) is 9.66. The van der Waals surface area contributed by atoms with Crippen LogP contribution in [0.25, 0.3) is 0 Å². The summed E-state index contributed by atoms with van der Waals surface area (Å²) in [6, 6.07) is 10.9. The number of nitrogens with zero attached hydrogens (tertiary/aromatic N) is 3. The van der Waals surface area contributed by atoms with Crippen LogP contribution in [0.15, 0.2) is 65.4 Å². The zero-order chi connectivity index (χ0) is 24.3. The Kier molecular flexibility index (Phi) is 6.67. The Morgan fingerprint density at radius 1 is 1.09 bits per heavy atom. The highest BCUT2D eigenvalue weighted by Crippen LogP contribution is 2.31. The van der Waals surface area contributed by atoms with Crippen LogP contribution in [0.3, 0.4) is 0 Å². The highest BCUT2D eigenvalue weighted by molar-refractivity contribution is 5.92. The lowest BCUT2D eigenvalue weighted by Crippen LogP contribution is -2.45. The van der Waals surface area contributed by atoms with Gasteiger partial charge in [-0.25, -0.2) is 4.79 Å². The van der Waals surface area contributed by atoms with Gasteiger partial charge in [-0.3, -0.25) is 4.79 Å².